The summed E-state index contributed by atoms with van der Waals surface area (Å²) in [5.74, 6) is 0.860. The Morgan fingerprint density at radius 1 is 1.15 bits per heavy atom. The van der Waals surface area contributed by atoms with Crippen molar-refractivity contribution in [1.82, 2.24) is 0 Å². The summed E-state index contributed by atoms with van der Waals surface area (Å²) in [5, 5.41) is 11.1. The van der Waals surface area contributed by atoms with Crippen molar-refractivity contribution < 1.29 is 9.84 Å². The fraction of sp³-hybridized carbons (Fsp3) is 0.250. The summed E-state index contributed by atoms with van der Waals surface area (Å²) >= 11 is 9.35. The normalized spacial score (nSPS) is 15.9. The van der Waals surface area contributed by atoms with E-state index in [1.54, 1.807) is 12.1 Å². The summed E-state index contributed by atoms with van der Waals surface area (Å²) in [7, 11) is 0. The number of rotatable bonds is 4. The summed E-state index contributed by atoms with van der Waals surface area (Å²) in [6.07, 6.45) is 1.98. The standard InChI is InChI=1S/C16H14BrClO2/c17-15-9-11(18)3-8-14(15)16(19)10-1-4-12(5-2-10)20-13-6-7-13/h1-5,8-9,13,16,19H,6-7H2. The average Bonchev–Trinajstić information content (AvgIpc) is 3.23. The molecule has 20 heavy (non-hydrogen) atoms. The van der Waals surface area contributed by atoms with Crippen molar-refractivity contribution in [3.63, 3.8) is 0 Å². The lowest BCUT2D eigenvalue weighted by Gasteiger charge is -2.14. The van der Waals surface area contributed by atoms with Gasteiger partial charge in [0.15, 0.2) is 0 Å². The predicted molar refractivity (Wildman–Crippen MR) is 83.3 cm³/mol. The van der Waals surface area contributed by atoms with Gasteiger partial charge in [0, 0.05) is 9.50 Å². The Labute approximate surface area is 131 Å². The molecule has 1 N–H and O–H groups in total. The smallest absolute Gasteiger partial charge is 0.119 e. The molecule has 3 rings (SSSR count). The largest absolute Gasteiger partial charge is 0.490 e. The van der Waals surface area contributed by atoms with E-state index in [0.717, 1.165) is 34.2 Å². The number of aliphatic hydroxyl groups excluding tert-OH is 1. The maximum Gasteiger partial charge on any atom is 0.119 e. The van der Waals surface area contributed by atoms with Crippen LogP contribution in [0.4, 0.5) is 0 Å². The number of hydrogen-bond acceptors (Lipinski definition) is 2. The third-order valence-electron chi connectivity index (χ3n) is 3.28. The second kappa shape index (κ2) is 5.76. The zero-order valence-corrected chi connectivity index (χ0v) is 13.1. The van der Waals surface area contributed by atoms with E-state index in [0.29, 0.717) is 11.1 Å². The molecule has 0 bridgehead atoms. The van der Waals surface area contributed by atoms with Crippen LogP contribution in [0.15, 0.2) is 46.9 Å². The van der Waals surface area contributed by atoms with Crippen molar-refractivity contribution >= 4 is 27.5 Å². The highest BCUT2D eigenvalue weighted by Crippen LogP contribution is 2.32. The van der Waals surface area contributed by atoms with Gasteiger partial charge in [-0.15, -0.1) is 0 Å². The van der Waals surface area contributed by atoms with Gasteiger partial charge in [-0.3, -0.25) is 0 Å². The Morgan fingerprint density at radius 3 is 2.45 bits per heavy atom. The molecule has 0 aromatic heterocycles. The fourth-order valence-corrected chi connectivity index (χ4v) is 2.91. The average molecular weight is 354 g/mol. The predicted octanol–water partition coefficient (Wildman–Crippen LogP) is 4.73. The maximum atomic E-state index is 10.4. The van der Waals surface area contributed by atoms with Crippen LogP contribution in [0.3, 0.4) is 0 Å². The number of hydrogen-bond donors (Lipinski definition) is 1. The third kappa shape index (κ3) is 3.17. The molecule has 0 heterocycles. The van der Waals surface area contributed by atoms with Gasteiger partial charge in [0.1, 0.15) is 11.9 Å². The Kier molecular flexibility index (Phi) is 4.01. The van der Waals surface area contributed by atoms with Crippen LogP contribution in [0.25, 0.3) is 0 Å². The molecule has 0 saturated heterocycles. The molecule has 1 unspecified atom stereocenters. The zero-order chi connectivity index (χ0) is 14.1. The third-order valence-corrected chi connectivity index (χ3v) is 4.20. The van der Waals surface area contributed by atoms with E-state index in [-0.39, 0.29) is 0 Å². The van der Waals surface area contributed by atoms with E-state index < -0.39 is 6.10 Å². The lowest BCUT2D eigenvalue weighted by Crippen LogP contribution is -2.01. The molecular formula is C16H14BrClO2. The Balaban J connectivity index is 1.80. The topological polar surface area (TPSA) is 29.5 Å². The summed E-state index contributed by atoms with van der Waals surface area (Å²) < 4.78 is 6.50. The Bertz CT molecular complexity index is 608. The van der Waals surface area contributed by atoms with Crippen LogP contribution in [0, 0.1) is 0 Å². The van der Waals surface area contributed by atoms with E-state index >= 15 is 0 Å². The highest BCUT2D eigenvalue weighted by molar-refractivity contribution is 9.10. The second-order valence-corrected chi connectivity index (χ2v) is 6.25. The minimum atomic E-state index is -0.684. The molecule has 1 aliphatic rings. The molecule has 2 nitrogen and oxygen atoms in total. The molecule has 0 aliphatic heterocycles. The van der Waals surface area contributed by atoms with E-state index in [9.17, 15) is 5.11 Å². The van der Waals surface area contributed by atoms with Gasteiger partial charge in [-0.1, -0.05) is 45.7 Å². The summed E-state index contributed by atoms with van der Waals surface area (Å²) in [5.41, 5.74) is 1.63. The van der Waals surface area contributed by atoms with Crippen LogP contribution in [-0.2, 0) is 0 Å². The van der Waals surface area contributed by atoms with Crippen LogP contribution in [0.2, 0.25) is 5.02 Å². The fourth-order valence-electron chi connectivity index (χ4n) is 2.01. The van der Waals surface area contributed by atoms with E-state index in [1.807, 2.05) is 30.3 Å². The quantitative estimate of drug-likeness (QED) is 0.861. The first kappa shape index (κ1) is 13.9. The highest BCUT2D eigenvalue weighted by atomic mass is 79.9. The second-order valence-electron chi connectivity index (χ2n) is 4.95. The van der Waals surface area contributed by atoms with Gasteiger partial charge < -0.3 is 9.84 Å². The summed E-state index contributed by atoms with van der Waals surface area (Å²) in [6, 6.07) is 13.0. The van der Waals surface area contributed by atoms with E-state index in [4.69, 9.17) is 16.3 Å². The highest BCUT2D eigenvalue weighted by Gasteiger charge is 2.23. The number of aliphatic hydroxyl groups is 1. The summed E-state index contributed by atoms with van der Waals surface area (Å²) in [6.45, 7) is 0. The first-order valence-electron chi connectivity index (χ1n) is 6.53. The van der Waals surface area contributed by atoms with Crippen molar-refractivity contribution in [3.8, 4) is 5.75 Å². The lowest BCUT2D eigenvalue weighted by atomic mass is 10.0. The minimum Gasteiger partial charge on any atom is -0.490 e. The maximum absolute atomic E-state index is 10.4. The van der Waals surface area contributed by atoms with Gasteiger partial charge in [0.2, 0.25) is 0 Å². The van der Waals surface area contributed by atoms with Gasteiger partial charge in [-0.05, 0) is 48.2 Å². The molecule has 104 valence electrons. The Hall–Kier alpha value is -1.03. The van der Waals surface area contributed by atoms with Crippen molar-refractivity contribution in [1.29, 1.82) is 0 Å². The number of ether oxygens (including phenoxy) is 1. The van der Waals surface area contributed by atoms with Crippen LogP contribution in [0.5, 0.6) is 5.75 Å². The zero-order valence-electron chi connectivity index (χ0n) is 10.7. The van der Waals surface area contributed by atoms with Crippen LogP contribution >= 0.6 is 27.5 Å². The summed E-state index contributed by atoms with van der Waals surface area (Å²) in [4.78, 5) is 0. The van der Waals surface area contributed by atoms with Gasteiger partial charge in [-0.2, -0.15) is 0 Å². The molecule has 1 aliphatic carbocycles. The van der Waals surface area contributed by atoms with Crippen molar-refractivity contribution in [2.24, 2.45) is 0 Å². The number of halogens is 2. The first-order chi connectivity index (χ1) is 9.63. The minimum absolute atomic E-state index is 0.385. The SMILES string of the molecule is OC(c1ccc(OC2CC2)cc1)c1ccc(Cl)cc1Br. The molecule has 0 spiro atoms. The van der Waals surface area contributed by atoms with Gasteiger partial charge in [0.05, 0.1) is 6.10 Å². The van der Waals surface area contributed by atoms with Crippen molar-refractivity contribution in [2.45, 2.75) is 25.0 Å². The number of benzene rings is 2. The van der Waals surface area contributed by atoms with Crippen LogP contribution in [0.1, 0.15) is 30.1 Å². The molecule has 2 aromatic rings. The molecule has 1 saturated carbocycles. The first-order valence-corrected chi connectivity index (χ1v) is 7.70. The Morgan fingerprint density at radius 2 is 1.85 bits per heavy atom. The van der Waals surface area contributed by atoms with Crippen LogP contribution < -0.4 is 4.74 Å². The molecule has 1 fully saturated rings. The monoisotopic (exact) mass is 352 g/mol. The van der Waals surface area contributed by atoms with Crippen LogP contribution in [-0.4, -0.2) is 11.2 Å². The molecule has 1 atom stereocenters. The molecular weight excluding hydrogens is 340 g/mol. The van der Waals surface area contributed by atoms with Crippen molar-refractivity contribution in [2.75, 3.05) is 0 Å². The van der Waals surface area contributed by atoms with E-state index in [1.165, 1.54) is 0 Å². The molecule has 0 radical (unpaired) electrons. The van der Waals surface area contributed by atoms with E-state index in [2.05, 4.69) is 15.9 Å². The molecule has 4 heteroatoms. The van der Waals surface area contributed by atoms with Gasteiger partial charge in [-0.25, -0.2) is 0 Å². The van der Waals surface area contributed by atoms with Gasteiger partial charge >= 0.3 is 0 Å². The molecule has 2 aromatic carbocycles. The lowest BCUT2D eigenvalue weighted by molar-refractivity contribution is 0.219. The van der Waals surface area contributed by atoms with Crippen molar-refractivity contribution in [3.05, 3.63) is 63.1 Å². The molecule has 0 amide bonds. The van der Waals surface area contributed by atoms with Gasteiger partial charge in [0.25, 0.3) is 0 Å².